The highest BCUT2D eigenvalue weighted by Crippen LogP contribution is 2.13. The van der Waals surface area contributed by atoms with Gasteiger partial charge in [0.25, 0.3) is 0 Å². The topological polar surface area (TPSA) is 89.6 Å². The van der Waals surface area contributed by atoms with Gasteiger partial charge in [-0.3, -0.25) is 0 Å². The molecule has 76 valence electrons. The summed E-state index contributed by atoms with van der Waals surface area (Å²) in [5.41, 5.74) is 3.98. The lowest BCUT2D eigenvalue weighted by molar-refractivity contribution is 1.06. The van der Waals surface area contributed by atoms with Crippen LogP contribution in [0, 0.1) is 6.92 Å². The number of nitrogens with two attached hydrogens (primary N) is 1. The molecule has 0 unspecified atom stereocenters. The number of aromatic nitrogens is 4. The largest absolute Gasteiger partial charge is 0.308 e. The first-order chi connectivity index (χ1) is 7.29. The van der Waals surface area contributed by atoms with Crippen LogP contribution >= 0.6 is 0 Å². The van der Waals surface area contributed by atoms with E-state index in [1.807, 2.05) is 6.92 Å². The molecule has 0 spiro atoms. The van der Waals surface area contributed by atoms with Gasteiger partial charge in [0.2, 0.25) is 0 Å². The molecule has 0 saturated heterocycles. The van der Waals surface area contributed by atoms with E-state index in [0.29, 0.717) is 17.3 Å². The van der Waals surface area contributed by atoms with Crippen molar-refractivity contribution in [3.63, 3.8) is 0 Å². The Labute approximate surface area is 86.6 Å². The number of nitrogen functional groups attached to an aromatic ring is 1. The van der Waals surface area contributed by atoms with Crippen LogP contribution in [0.15, 0.2) is 24.7 Å². The zero-order chi connectivity index (χ0) is 10.7. The maximum Gasteiger partial charge on any atom is 0.180 e. The first-order valence-electron chi connectivity index (χ1n) is 4.38. The van der Waals surface area contributed by atoms with Crippen LogP contribution in [0.5, 0.6) is 0 Å². The minimum atomic E-state index is 0.533. The summed E-state index contributed by atoms with van der Waals surface area (Å²) >= 11 is 0. The van der Waals surface area contributed by atoms with Crippen LogP contribution < -0.4 is 11.3 Å². The Morgan fingerprint density at radius 2 is 2.20 bits per heavy atom. The average Bonchev–Trinajstić information content (AvgIpc) is 2.29. The highest BCUT2D eigenvalue weighted by Gasteiger charge is 2.04. The van der Waals surface area contributed by atoms with Crippen LogP contribution in [0.25, 0.3) is 11.5 Å². The van der Waals surface area contributed by atoms with Gasteiger partial charge in [-0.05, 0) is 13.0 Å². The van der Waals surface area contributed by atoms with Crippen molar-refractivity contribution >= 4 is 5.82 Å². The number of anilines is 1. The van der Waals surface area contributed by atoms with Crippen molar-refractivity contribution in [3.8, 4) is 11.5 Å². The number of aryl methyl sites for hydroxylation is 1. The Balaban J connectivity index is 2.49. The molecule has 0 radical (unpaired) electrons. The summed E-state index contributed by atoms with van der Waals surface area (Å²) in [6.45, 7) is 1.87. The van der Waals surface area contributed by atoms with Gasteiger partial charge in [-0.1, -0.05) is 0 Å². The Bertz CT molecular complexity index is 455. The Morgan fingerprint density at radius 1 is 1.33 bits per heavy atom. The van der Waals surface area contributed by atoms with Crippen LogP contribution in [0.1, 0.15) is 5.69 Å². The quantitative estimate of drug-likeness (QED) is 0.545. The van der Waals surface area contributed by atoms with Crippen LogP contribution in [0.4, 0.5) is 5.82 Å². The predicted octanol–water partition coefficient (Wildman–Crippen LogP) is 0.528. The van der Waals surface area contributed by atoms with Gasteiger partial charge < -0.3 is 5.43 Å². The predicted molar refractivity (Wildman–Crippen MR) is 55.6 cm³/mol. The highest BCUT2D eigenvalue weighted by atomic mass is 15.3. The molecule has 2 heterocycles. The number of hydrogen-bond donors (Lipinski definition) is 2. The van der Waals surface area contributed by atoms with Gasteiger partial charge in [-0.2, -0.15) is 0 Å². The first kappa shape index (κ1) is 9.47. The van der Waals surface area contributed by atoms with Crippen LogP contribution in [0.2, 0.25) is 0 Å². The lowest BCUT2D eigenvalue weighted by Gasteiger charge is -2.03. The lowest BCUT2D eigenvalue weighted by Crippen LogP contribution is -2.10. The van der Waals surface area contributed by atoms with E-state index in [-0.39, 0.29) is 0 Å². The zero-order valence-electron chi connectivity index (χ0n) is 8.18. The molecule has 0 saturated carbocycles. The van der Waals surface area contributed by atoms with Crippen molar-refractivity contribution in [1.82, 2.24) is 19.9 Å². The summed E-state index contributed by atoms with van der Waals surface area (Å²) in [6.07, 6.45) is 3.10. The number of nitrogens with one attached hydrogen (secondary N) is 1. The van der Waals surface area contributed by atoms with E-state index in [9.17, 15) is 0 Å². The summed E-state index contributed by atoms with van der Waals surface area (Å²) in [5, 5.41) is 0. The minimum absolute atomic E-state index is 0.533. The Kier molecular flexibility index (Phi) is 2.51. The van der Waals surface area contributed by atoms with Crippen LogP contribution in [-0.4, -0.2) is 19.9 Å². The molecule has 3 N–H and O–H groups in total. The van der Waals surface area contributed by atoms with Crippen molar-refractivity contribution in [3.05, 3.63) is 30.4 Å². The van der Waals surface area contributed by atoms with E-state index < -0.39 is 0 Å². The summed E-state index contributed by atoms with van der Waals surface area (Å²) < 4.78 is 0. The maximum atomic E-state index is 5.29. The first-order valence-corrected chi connectivity index (χ1v) is 4.38. The molecule has 2 aromatic rings. The van der Waals surface area contributed by atoms with Crippen molar-refractivity contribution in [2.75, 3.05) is 5.43 Å². The normalized spacial score (nSPS) is 10.0. The third-order valence-corrected chi connectivity index (χ3v) is 1.81. The fourth-order valence-corrected chi connectivity index (χ4v) is 1.18. The van der Waals surface area contributed by atoms with Gasteiger partial charge in [0.15, 0.2) is 5.82 Å². The molecule has 2 aromatic heterocycles. The summed E-state index contributed by atoms with van der Waals surface area (Å²) in [6, 6.07) is 3.50. The molecule has 6 heteroatoms. The molecule has 0 atom stereocenters. The molecule has 6 nitrogen and oxygen atoms in total. The molecular formula is C9H10N6. The molecule has 0 bridgehead atoms. The maximum absolute atomic E-state index is 5.29. The molecule has 0 aromatic carbocycles. The van der Waals surface area contributed by atoms with E-state index in [0.717, 1.165) is 5.69 Å². The van der Waals surface area contributed by atoms with Gasteiger partial charge >= 0.3 is 0 Å². The fourth-order valence-electron chi connectivity index (χ4n) is 1.18. The molecule has 15 heavy (non-hydrogen) atoms. The number of hydrazine groups is 1. The molecule has 0 amide bonds. The van der Waals surface area contributed by atoms with Crippen LogP contribution in [0.3, 0.4) is 0 Å². The van der Waals surface area contributed by atoms with Gasteiger partial charge in [-0.25, -0.2) is 25.8 Å². The average molecular weight is 202 g/mol. The van der Waals surface area contributed by atoms with E-state index in [4.69, 9.17) is 5.84 Å². The van der Waals surface area contributed by atoms with Crippen molar-refractivity contribution < 1.29 is 0 Å². The second kappa shape index (κ2) is 3.97. The minimum Gasteiger partial charge on any atom is -0.308 e. The summed E-state index contributed by atoms with van der Waals surface area (Å²) in [7, 11) is 0. The Morgan fingerprint density at radius 3 is 2.87 bits per heavy atom. The molecule has 0 aliphatic rings. The standard InChI is InChI=1S/C9H10N6/c1-6-4-8(15-10)14-9(13-6)7-2-3-11-5-12-7/h2-5H,10H2,1H3,(H,13,14,15). The third kappa shape index (κ3) is 2.05. The fraction of sp³-hybridized carbons (Fsp3) is 0.111. The number of rotatable bonds is 2. The zero-order valence-corrected chi connectivity index (χ0v) is 8.18. The Hall–Kier alpha value is -2.08. The molecule has 0 aliphatic carbocycles. The number of nitrogens with zero attached hydrogens (tertiary/aromatic N) is 4. The summed E-state index contributed by atoms with van der Waals surface area (Å²) in [5.74, 6) is 6.39. The lowest BCUT2D eigenvalue weighted by atomic mass is 10.3. The van der Waals surface area contributed by atoms with E-state index >= 15 is 0 Å². The third-order valence-electron chi connectivity index (χ3n) is 1.81. The van der Waals surface area contributed by atoms with Gasteiger partial charge in [-0.15, -0.1) is 0 Å². The van der Waals surface area contributed by atoms with Crippen molar-refractivity contribution in [1.29, 1.82) is 0 Å². The van der Waals surface area contributed by atoms with Gasteiger partial charge in [0.05, 0.1) is 0 Å². The van der Waals surface area contributed by atoms with E-state index in [1.54, 1.807) is 18.3 Å². The smallest absolute Gasteiger partial charge is 0.180 e. The van der Waals surface area contributed by atoms with Gasteiger partial charge in [0.1, 0.15) is 17.8 Å². The molecule has 0 fully saturated rings. The van der Waals surface area contributed by atoms with Crippen molar-refractivity contribution in [2.45, 2.75) is 6.92 Å². The van der Waals surface area contributed by atoms with Crippen LogP contribution in [-0.2, 0) is 0 Å². The van der Waals surface area contributed by atoms with Gasteiger partial charge in [0, 0.05) is 18.0 Å². The molecule has 0 aliphatic heterocycles. The second-order valence-corrected chi connectivity index (χ2v) is 2.96. The molecule has 2 rings (SSSR count). The second-order valence-electron chi connectivity index (χ2n) is 2.96. The summed E-state index contributed by atoms with van der Waals surface area (Å²) in [4.78, 5) is 16.3. The SMILES string of the molecule is Cc1cc(NN)nc(-c2ccncn2)n1. The number of hydrogen-bond acceptors (Lipinski definition) is 6. The van der Waals surface area contributed by atoms with E-state index in [1.165, 1.54) is 6.33 Å². The highest BCUT2D eigenvalue weighted by molar-refractivity contribution is 5.51. The monoisotopic (exact) mass is 202 g/mol. The van der Waals surface area contributed by atoms with E-state index in [2.05, 4.69) is 25.4 Å². The molecular weight excluding hydrogens is 192 g/mol. The van der Waals surface area contributed by atoms with Crippen molar-refractivity contribution in [2.24, 2.45) is 5.84 Å².